The van der Waals surface area contributed by atoms with Gasteiger partial charge in [0.15, 0.2) is 16.7 Å². The average molecular weight is 627 g/mol. The second-order valence-electron chi connectivity index (χ2n) is 10.7. The zero-order valence-corrected chi connectivity index (χ0v) is 26.5. The molecule has 7 heteroatoms. The van der Waals surface area contributed by atoms with Crippen LogP contribution in [0.4, 0.5) is 5.69 Å². The molecule has 1 amide bonds. The Labute approximate surface area is 274 Å². The molecular weight excluding hydrogens is 593 g/mol. The lowest BCUT2D eigenvalue weighted by Crippen LogP contribution is -2.32. The van der Waals surface area contributed by atoms with Gasteiger partial charge in [-0.3, -0.25) is 9.69 Å². The zero-order chi connectivity index (χ0) is 31.7. The molecule has 1 atom stereocenters. The molecule has 0 spiro atoms. The fourth-order valence-electron chi connectivity index (χ4n) is 5.02. The predicted octanol–water partition coefficient (Wildman–Crippen LogP) is 9.22. The second-order valence-corrected chi connectivity index (χ2v) is 11.7. The van der Waals surface area contributed by atoms with Crippen molar-refractivity contribution in [1.29, 1.82) is 0 Å². The molecule has 0 aromatic heterocycles. The molecule has 1 heterocycles. The maximum Gasteiger partial charge on any atom is 0.267 e. The highest BCUT2D eigenvalue weighted by Crippen LogP contribution is 2.40. The zero-order valence-electron chi connectivity index (χ0n) is 25.7. The highest BCUT2D eigenvalue weighted by Gasteiger charge is 2.37. The first-order valence-corrected chi connectivity index (χ1v) is 15.9. The number of benzene rings is 5. The van der Waals surface area contributed by atoms with E-state index in [-0.39, 0.29) is 11.9 Å². The van der Waals surface area contributed by atoms with Crippen molar-refractivity contribution in [1.82, 2.24) is 4.90 Å². The van der Waals surface area contributed by atoms with Crippen molar-refractivity contribution in [2.45, 2.75) is 26.2 Å². The number of rotatable bonds is 11. The minimum atomic E-state index is -0.220. The number of aliphatic imine (C=N–C) groups is 1. The summed E-state index contributed by atoms with van der Waals surface area (Å²) in [4.78, 5) is 21.3. The number of hydrogen-bond acceptors (Lipinski definition) is 6. The molecule has 46 heavy (non-hydrogen) atoms. The number of amidine groups is 1. The summed E-state index contributed by atoms with van der Waals surface area (Å²) < 4.78 is 17.8. The van der Waals surface area contributed by atoms with Crippen LogP contribution in [0.3, 0.4) is 0 Å². The van der Waals surface area contributed by atoms with Gasteiger partial charge in [0.05, 0.1) is 23.7 Å². The van der Waals surface area contributed by atoms with Crippen LogP contribution in [0.2, 0.25) is 0 Å². The maximum atomic E-state index is 14.0. The van der Waals surface area contributed by atoms with E-state index in [0.717, 1.165) is 33.7 Å². The van der Waals surface area contributed by atoms with Crippen molar-refractivity contribution < 1.29 is 19.0 Å². The van der Waals surface area contributed by atoms with Crippen LogP contribution < -0.4 is 14.2 Å². The van der Waals surface area contributed by atoms with Crippen LogP contribution in [-0.2, 0) is 18.0 Å². The van der Waals surface area contributed by atoms with Crippen LogP contribution in [0, 0.1) is 0 Å². The first-order chi connectivity index (χ1) is 22.6. The molecule has 5 aromatic rings. The lowest BCUT2D eigenvalue weighted by molar-refractivity contribution is -0.123. The minimum Gasteiger partial charge on any atom is -0.497 e. The molecule has 0 N–H and O–H groups in total. The largest absolute Gasteiger partial charge is 0.497 e. The average Bonchev–Trinajstić information content (AvgIpc) is 3.41. The van der Waals surface area contributed by atoms with Crippen molar-refractivity contribution in [3.8, 4) is 17.2 Å². The summed E-state index contributed by atoms with van der Waals surface area (Å²) in [5.74, 6) is 1.88. The Morgan fingerprint density at radius 1 is 0.739 bits per heavy atom. The molecule has 0 aliphatic carbocycles. The first-order valence-electron chi connectivity index (χ1n) is 15.1. The van der Waals surface area contributed by atoms with Crippen LogP contribution in [0.15, 0.2) is 143 Å². The molecule has 1 unspecified atom stereocenters. The van der Waals surface area contributed by atoms with Crippen molar-refractivity contribution in [3.05, 3.63) is 161 Å². The summed E-state index contributed by atoms with van der Waals surface area (Å²) in [7, 11) is 1.63. The monoisotopic (exact) mass is 626 g/mol. The molecule has 1 saturated heterocycles. The number of ether oxygens (including phenoxy) is 3. The van der Waals surface area contributed by atoms with Crippen LogP contribution in [0.25, 0.3) is 6.08 Å². The van der Waals surface area contributed by atoms with E-state index in [4.69, 9.17) is 19.2 Å². The van der Waals surface area contributed by atoms with Crippen LogP contribution in [-0.4, -0.2) is 23.1 Å². The van der Waals surface area contributed by atoms with Crippen molar-refractivity contribution >= 4 is 34.6 Å². The number of carbonyl (C=O) groups is 1. The highest BCUT2D eigenvalue weighted by molar-refractivity contribution is 8.18. The van der Waals surface area contributed by atoms with E-state index in [9.17, 15) is 4.79 Å². The van der Waals surface area contributed by atoms with Gasteiger partial charge in [0.1, 0.15) is 19.0 Å². The standard InChI is InChI=1S/C39H34N2O4S/c1-28(32-16-10-5-11-17-32)41-38(42)37(46-39(41)40-33-19-21-34(43-2)22-20-33)25-31-18-23-35(44-26-29-12-6-3-7-13-29)36(24-31)45-27-30-14-8-4-9-15-30/h3-25,28H,26-27H2,1-2H3. The molecule has 1 fully saturated rings. The third-order valence-electron chi connectivity index (χ3n) is 7.54. The normalized spacial score (nSPS) is 15.3. The van der Waals surface area contributed by atoms with Crippen molar-refractivity contribution in [2.75, 3.05) is 7.11 Å². The van der Waals surface area contributed by atoms with Gasteiger partial charge in [-0.2, -0.15) is 0 Å². The first kappa shape index (κ1) is 30.7. The van der Waals surface area contributed by atoms with Gasteiger partial charge in [0.25, 0.3) is 5.91 Å². The van der Waals surface area contributed by atoms with E-state index < -0.39 is 0 Å². The molecule has 6 nitrogen and oxygen atoms in total. The Kier molecular flexibility index (Phi) is 9.81. The molecule has 6 rings (SSSR count). The smallest absolute Gasteiger partial charge is 0.267 e. The van der Waals surface area contributed by atoms with Gasteiger partial charge in [-0.25, -0.2) is 4.99 Å². The summed E-state index contributed by atoms with van der Waals surface area (Å²) >= 11 is 1.36. The Morgan fingerprint density at radius 3 is 1.93 bits per heavy atom. The summed E-state index contributed by atoms with van der Waals surface area (Å²) in [6.07, 6.45) is 1.89. The van der Waals surface area contributed by atoms with Gasteiger partial charge >= 0.3 is 0 Å². The van der Waals surface area contributed by atoms with Gasteiger partial charge in [0.2, 0.25) is 0 Å². The van der Waals surface area contributed by atoms with Gasteiger partial charge in [-0.05, 0) is 83.4 Å². The predicted molar refractivity (Wildman–Crippen MR) is 185 cm³/mol. The maximum absolute atomic E-state index is 14.0. The molecule has 1 aliphatic rings. The molecule has 5 aromatic carbocycles. The van der Waals surface area contributed by atoms with Crippen LogP contribution in [0.5, 0.6) is 17.2 Å². The molecular formula is C39H34N2O4S. The highest BCUT2D eigenvalue weighted by atomic mass is 32.2. The molecule has 230 valence electrons. The molecule has 0 saturated carbocycles. The summed E-state index contributed by atoms with van der Waals surface area (Å²) in [6, 6.07) is 43.1. The molecule has 0 radical (unpaired) electrons. The van der Waals surface area contributed by atoms with E-state index in [1.807, 2.05) is 146 Å². The van der Waals surface area contributed by atoms with E-state index in [1.54, 1.807) is 12.0 Å². The van der Waals surface area contributed by atoms with E-state index in [0.29, 0.717) is 34.8 Å². The Bertz CT molecular complexity index is 1830. The minimum absolute atomic E-state index is 0.107. The SMILES string of the molecule is COc1ccc(N=C2SC(=Cc3ccc(OCc4ccccc4)c(OCc4ccccc4)c3)C(=O)N2C(C)c2ccccc2)cc1. The van der Waals surface area contributed by atoms with Gasteiger partial charge in [0, 0.05) is 0 Å². The molecule has 0 bridgehead atoms. The van der Waals surface area contributed by atoms with E-state index in [2.05, 4.69) is 0 Å². The summed E-state index contributed by atoms with van der Waals surface area (Å²) in [5.41, 5.74) is 4.69. The number of nitrogens with zero attached hydrogens (tertiary/aromatic N) is 2. The Hall–Kier alpha value is -5.27. The van der Waals surface area contributed by atoms with Crippen molar-refractivity contribution in [3.63, 3.8) is 0 Å². The molecule has 1 aliphatic heterocycles. The quantitative estimate of drug-likeness (QED) is 0.137. The Balaban J connectivity index is 1.32. The van der Waals surface area contributed by atoms with E-state index in [1.165, 1.54) is 11.8 Å². The lowest BCUT2D eigenvalue weighted by atomic mass is 10.1. The third kappa shape index (κ3) is 7.50. The number of hydrogen-bond donors (Lipinski definition) is 0. The number of amides is 1. The van der Waals surface area contributed by atoms with Crippen LogP contribution in [0.1, 0.15) is 35.2 Å². The fourth-order valence-corrected chi connectivity index (χ4v) is 6.09. The summed E-state index contributed by atoms with van der Waals surface area (Å²) in [6.45, 7) is 2.82. The third-order valence-corrected chi connectivity index (χ3v) is 8.53. The number of methoxy groups -OCH3 is 1. The number of thioether (sulfide) groups is 1. The number of carbonyl (C=O) groups excluding carboxylic acids is 1. The van der Waals surface area contributed by atoms with Gasteiger partial charge < -0.3 is 14.2 Å². The van der Waals surface area contributed by atoms with Crippen molar-refractivity contribution in [2.24, 2.45) is 4.99 Å². The van der Waals surface area contributed by atoms with E-state index >= 15 is 0 Å². The van der Waals surface area contributed by atoms with Crippen LogP contribution >= 0.6 is 11.8 Å². The topological polar surface area (TPSA) is 60.4 Å². The van der Waals surface area contributed by atoms with Gasteiger partial charge in [-0.1, -0.05) is 97.1 Å². The fraction of sp³-hybridized carbons (Fsp3) is 0.128. The van der Waals surface area contributed by atoms with Gasteiger partial charge in [-0.15, -0.1) is 0 Å². The second kappa shape index (κ2) is 14.7. The summed E-state index contributed by atoms with van der Waals surface area (Å²) in [5, 5.41) is 0.612. The Morgan fingerprint density at radius 2 is 1.33 bits per heavy atom. The lowest BCUT2D eigenvalue weighted by Gasteiger charge is -2.24.